The minimum atomic E-state index is -0.710. The summed E-state index contributed by atoms with van der Waals surface area (Å²) in [5.74, 6) is -1.39. The molecular formula is C10H7FN4O3S. The van der Waals surface area contributed by atoms with E-state index in [9.17, 15) is 19.3 Å². The van der Waals surface area contributed by atoms with Gasteiger partial charge < -0.3 is 5.73 Å². The van der Waals surface area contributed by atoms with E-state index in [2.05, 4.69) is 10.3 Å². The number of aromatic nitrogens is 1. The van der Waals surface area contributed by atoms with Crippen LogP contribution in [-0.4, -0.2) is 15.8 Å². The number of hydrogen-bond acceptors (Lipinski definition) is 6. The Morgan fingerprint density at radius 3 is 2.89 bits per heavy atom. The van der Waals surface area contributed by atoms with Crippen LogP contribution in [0.1, 0.15) is 10.4 Å². The number of nitrogens with zero attached hydrogens (tertiary/aromatic N) is 2. The molecular weight excluding hydrogens is 275 g/mol. The van der Waals surface area contributed by atoms with Crippen molar-refractivity contribution in [2.45, 2.75) is 0 Å². The van der Waals surface area contributed by atoms with Crippen LogP contribution in [0.5, 0.6) is 0 Å². The molecule has 0 saturated heterocycles. The van der Waals surface area contributed by atoms with E-state index in [0.717, 1.165) is 12.3 Å². The highest BCUT2D eigenvalue weighted by Crippen LogP contribution is 2.26. The van der Waals surface area contributed by atoms with Crippen LogP contribution in [0, 0.1) is 15.9 Å². The molecule has 98 valence electrons. The molecule has 1 aromatic carbocycles. The van der Waals surface area contributed by atoms with Crippen LogP contribution in [0.25, 0.3) is 0 Å². The molecule has 19 heavy (non-hydrogen) atoms. The number of nitrogens with two attached hydrogens (primary N) is 1. The average Bonchev–Trinajstić information content (AvgIpc) is 2.81. The molecule has 1 amide bonds. The van der Waals surface area contributed by atoms with Crippen LogP contribution in [-0.2, 0) is 0 Å². The minimum absolute atomic E-state index is 0.0420. The van der Waals surface area contributed by atoms with Gasteiger partial charge in [-0.3, -0.25) is 20.2 Å². The maximum Gasteiger partial charge on any atom is 0.345 e. The predicted octanol–water partition coefficient (Wildman–Crippen LogP) is 2.02. The highest BCUT2D eigenvalue weighted by molar-refractivity contribution is 7.18. The second-order valence-corrected chi connectivity index (χ2v) is 4.43. The Morgan fingerprint density at radius 2 is 2.26 bits per heavy atom. The van der Waals surface area contributed by atoms with Crippen LogP contribution in [0.2, 0.25) is 0 Å². The second kappa shape index (κ2) is 4.98. The minimum Gasteiger partial charge on any atom is -0.396 e. The van der Waals surface area contributed by atoms with Gasteiger partial charge in [-0.05, 0) is 23.5 Å². The molecule has 0 unspecified atom stereocenters. The van der Waals surface area contributed by atoms with E-state index in [-0.39, 0.29) is 21.4 Å². The SMILES string of the molecule is Nc1c(F)cccc1C(=O)Nc1ncc([N+](=O)[O-])s1. The molecule has 1 aromatic heterocycles. The molecule has 0 aliphatic heterocycles. The van der Waals surface area contributed by atoms with Crippen molar-refractivity contribution in [2.75, 3.05) is 11.1 Å². The Labute approximate surface area is 110 Å². The summed E-state index contributed by atoms with van der Waals surface area (Å²) in [4.78, 5) is 25.3. The number of thiazole rings is 1. The largest absolute Gasteiger partial charge is 0.396 e. The molecule has 1 heterocycles. The highest BCUT2D eigenvalue weighted by Gasteiger charge is 2.16. The lowest BCUT2D eigenvalue weighted by Crippen LogP contribution is -2.14. The van der Waals surface area contributed by atoms with Gasteiger partial charge in [0.05, 0.1) is 16.2 Å². The third-order valence-corrected chi connectivity index (χ3v) is 3.06. The Kier molecular flexibility index (Phi) is 3.38. The average molecular weight is 282 g/mol. The predicted molar refractivity (Wildman–Crippen MR) is 67.5 cm³/mol. The maximum absolute atomic E-state index is 13.2. The zero-order valence-electron chi connectivity index (χ0n) is 9.29. The number of hydrogen-bond donors (Lipinski definition) is 2. The smallest absolute Gasteiger partial charge is 0.345 e. The van der Waals surface area contributed by atoms with Gasteiger partial charge in [-0.15, -0.1) is 0 Å². The molecule has 2 rings (SSSR count). The number of nitro groups is 1. The molecule has 0 radical (unpaired) electrons. The third-order valence-electron chi connectivity index (χ3n) is 2.19. The summed E-state index contributed by atoms with van der Waals surface area (Å²) >= 11 is 0.697. The van der Waals surface area contributed by atoms with Crippen LogP contribution in [0.15, 0.2) is 24.4 Å². The quantitative estimate of drug-likeness (QED) is 0.508. The van der Waals surface area contributed by atoms with Crippen molar-refractivity contribution in [3.63, 3.8) is 0 Å². The number of nitrogens with one attached hydrogen (secondary N) is 1. The topological polar surface area (TPSA) is 111 Å². The monoisotopic (exact) mass is 282 g/mol. The first kappa shape index (κ1) is 12.9. The number of para-hydroxylation sites is 1. The van der Waals surface area contributed by atoms with Gasteiger partial charge in [-0.25, -0.2) is 9.37 Å². The first-order chi connectivity index (χ1) is 8.99. The van der Waals surface area contributed by atoms with E-state index in [4.69, 9.17) is 5.73 Å². The van der Waals surface area contributed by atoms with Gasteiger partial charge in [0.1, 0.15) is 12.0 Å². The van der Waals surface area contributed by atoms with Crippen molar-refractivity contribution in [3.05, 3.63) is 45.9 Å². The fourth-order valence-electron chi connectivity index (χ4n) is 1.31. The van der Waals surface area contributed by atoms with E-state index in [1.54, 1.807) is 0 Å². The zero-order valence-corrected chi connectivity index (χ0v) is 10.1. The number of amides is 1. The van der Waals surface area contributed by atoms with E-state index >= 15 is 0 Å². The summed E-state index contributed by atoms with van der Waals surface area (Å²) in [6, 6.07) is 3.81. The fourth-order valence-corrected chi connectivity index (χ4v) is 1.93. The van der Waals surface area contributed by atoms with Gasteiger partial charge in [0.15, 0.2) is 5.13 Å². The van der Waals surface area contributed by atoms with Crippen molar-refractivity contribution in [2.24, 2.45) is 0 Å². The van der Waals surface area contributed by atoms with E-state index in [0.29, 0.717) is 11.3 Å². The van der Waals surface area contributed by atoms with Gasteiger partial charge in [-0.1, -0.05) is 6.07 Å². The molecule has 0 bridgehead atoms. The number of carbonyl (C=O) groups is 1. The van der Waals surface area contributed by atoms with Crippen molar-refractivity contribution in [3.8, 4) is 0 Å². The first-order valence-electron chi connectivity index (χ1n) is 4.94. The Bertz CT molecular complexity index is 658. The molecule has 2 aromatic rings. The molecule has 9 heteroatoms. The summed E-state index contributed by atoms with van der Waals surface area (Å²) in [7, 11) is 0. The van der Waals surface area contributed by atoms with Crippen molar-refractivity contribution >= 4 is 33.1 Å². The van der Waals surface area contributed by atoms with E-state index in [1.165, 1.54) is 12.1 Å². The standard InChI is InChI=1S/C10H7FN4O3S/c11-6-3-1-2-5(8(6)12)9(16)14-10-13-4-7(19-10)15(17)18/h1-4H,12H2,(H,13,14,16). The van der Waals surface area contributed by atoms with E-state index < -0.39 is 16.6 Å². The summed E-state index contributed by atoms with van der Waals surface area (Å²) in [5.41, 5.74) is 5.09. The highest BCUT2D eigenvalue weighted by atomic mass is 32.1. The van der Waals surface area contributed by atoms with Crippen LogP contribution in [0.3, 0.4) is 0 Å². The summed E-state index contributed by atoms with van der Waals surface area (Å²) in [6.45, 7) is 0. The Balaban J connectivity index is 2.21. The maximum atomic E-state index is 13.2. The van der Waals surface area contributed by atoms with Crippen molar-refractivity contribution in [1.29, 1.82) is 0 Å². The summed E-state index contributed by atoms with van der Waals surface area (Å²) < 4.78 is 13.2. The van der Waals surface area contributed by atoms with Gasteiger partial charge in [0.25, 0.3) is 5.91 Å². The van der Waals surface area contributed by atoms with E-state index in [1.807, 2.05) is 0 Å². The third kappa shape index (κ3) is 2.65. The lowest BCUT2D eigenvalue weighted by molar-refractivity contribution is -0.380. The molecule has 0 aliphatic carbocycles. The Hall–Kier alpha value is -2.55. The summed E-state index contributed by atoms with van der Waals surface area (Å²) in [5, 5.41) is 12.6. The zero-order chi connectivity index (χ0) is 14.0. The molecule has 0 saturated carbocycles. The molecule has 0 spiro atoms. The van der Waals surface area contributed by atoms with Crippen molar-refractivity contribution < 1.29 is 14.1 Å². The normalized spacial score (nSPS) is 10.2. The molecule has 0 fully saturated rings. The molecule has 0 aliphatic rings. The Morgan fingerprint density at radius 1 is 1.53 bits per heavy atom. The summed E-state index contributed by atoms with van der Waals surface area (Å²) in [6.07, 6.45) is 1.02. The lowest BCUT2D eigenvalue weighted by atomic mass is 10.1. The van der Waals surface area contributed by atoms with Crippen molar-refractivity contribution in [1.82, 2.24) is 4.98 Å². The fraction of sp³-hybridized carbons (Fsp3) is 0. The molecule has 7 nitrogen and oxygen atoms in total. The van der Waals surface area contributed by atoms with Gasteiger partial charge >= 0.3 is 5.00 Å². The van der Waals surface area contributed by atoms with Crippen LogP contribution >= 0.6 is 11.3 Å². The number of halogens is 1. The number of carbonyl (C=O) groups excluding carboxylic acids is 1. The molecule has 0 atom stereocenters. The first-order valence-corrected chi connectivity index (χ1v) is 5.76. The number of benzene rings is 1. The van der Waals surface area contributed by atoms with Crippen LogP contribution in [0.4, 0.5) is 20.2 Å². The van der Waals surface area contributed by atoms with Gasteiger partial charge in [-0.2, -0.15) is 0 Å². The van der Waals surface area contributed by atoms with Gasteiger partial charge in [0.2, 0.25) is 0 Å². The number of anilines is 2. The second-order valence-electron chi connectivity index (χ2n) is 3.42. The van der Waals surface area contributed by atoms with Gasteiger partial charge in [0, 0.05) is 0 Å². The lowest BCUT2D eigenvalue weighted by Gasteiger charge is -2.05. The number of rotatable bonds is 3. The molecule has 3 N–H and O–H groups in total. The number of nitrogen functional groups attached to an aromatic ring is 1. The van der Waals surface area contributed by atoms with Crippen LogP contribution < -0.4 is 11.1 Å².